The van der Waals surface area contributed by atoms with Crippen molar-refractivity contribution in [1.82, 2.24) is 15.5 Å². The van der Waals surface area contributed by atoms with Gasteiger partial charge in [-0.2, -0.15) is 0 Å². The third kappa shape index (κ3) is 8.37. The Kier molecular flexibility index (Phi) is 10.1. The number of para-hydroxylation sites is 1. The maximum atomic E-state index is 14.4. The van der Waals surface area contributed by atoms with E-state index in [-0.39, 0.29) is 35.9 Å². The first-order valence-electron chi connectivity index (χ1n) is 14.0. The third-order valence-electron chi connectivity index (χ3n) is 6.76. The average Bonchev–Trinajstić information content (AvgIpc) is 3.69. The number of aromatic hydroxyl groups is 2. The Hall–Kier alpha value is -3.75. The maximum Gasteiger partial charge on any atom is 0.408 e. The third-order valence-corrected chi connectivity index (χ3v) is 6.76. The highest BCUT2D eigenvalue weighted by molar-refractivity contribution is 5.93. The summed E-state index contributed by atoms with van der Waals surface area (Å²) in [5.41, 5.74) is 0.853. The number of aryl methyl sites for hydroxylation is 1. The average molecular weight is 554 g/mol. The molecule has 3 amide bonds. The number of alkyl carbamates (subject to hydrolysis) is 1. The molecule has 4 N–H and O–H groups in total. The van der Waals surface area contributed by atoms with Crippen LogP contribution in [-0.4, -0.2) is 56.7 Å². The summed E-state index contributed by atoms with van der Waals surface area (Å²) in [5.74, 6) is -0.799. The summed E-state index contributed by atoms with van der Waals surface area (Å²) in [6, 6.07) is 9.03. The van der Waals surface area contributed by atoms with Gasteiger partial charge < -0.3 is 30.5 Å². The van der Waals surface area contributed by atoms with Gasteiger partial charge in [0, 0.05) is 24.1 Å². The zero-order chi connectivity index (χ0) is 29.6. The lowest BCUT2D eigenvalue weighted by Gasteiger charge is -2.35. The lowest BCUT2D eigenvalue weighted by molar-refractivity contribution is -0.143. The minimum atomic E-state index is -1.10. The zero-order valence-corrected chi connectivity index (χ0v) is 24.4. The van der Waals surface area contributed by atoms with E-state index in [2.05, 4.69) is 10.6 Å². The lowest BCUT2D eigenvalue weighted by atomic mass is 9.97. The van der Waals surface area contributed by atoms with Gasteiger partial charge in [0.15, 0.2) is 0 Å². The smallest absolute Gasteiger partial charge is 0.408 e. The van der Waals surface area contributed by atoms with E-state index in [0.29, 0.717) is 29.5 Å². The minimum Gasteiger partial charge on any atom is -0.508 e. The SMILES string of the molecule is CCCC(C)NC(=O)C(c1cccc(C)c1O)N(C(=O)C(Cc1ccc(O)cc1)NC(=O)OC(C)(C)C)C1CC1. The number of nitrogens with one attached hydrogen (secondary N) is 2. The Morgan fingerprint density at radius 3 is 2.27 bits per heavy atom. The number of ether oxygens (including phenoxy) is 1. The van der Waals surface area contributed by atoms with Crippen LogP contribution in [0, 0.1) is 6.92 Å². The molecule has 1 fully saturated rings. The molecule has 1 aliphatic rings. The molecule has 0 spiro atoms. The summed E-state index contributed by atoms with van der Waals surface area (Å²) in [6.45, 7) is 10.9. The Labute approximate surface area is 236 Å². The van der Waals surface area contributed by atoms with Gasteiger partial charge >= 0.3 is 6.09 Å². The highest BCUT2D eigenvalue weighted by Gasteiger charge is 2.45. The maximum absolute atomic E-state index is 14.4. The topological polar surface area (TPSA) is 128 Å². The van der Waals surface area contributed by atoms with E-state index in [1.807, 2.05) is 13.8 Å². The van der Waals surface area contributed by atoms with Gasteiger partial charge in [0.2, 0.25) is 11.8 Å². The highest BCUT2D eigenvalue weighted by atomic mass is 16.6. The summed E-state index contributed by atoms with van der Waals surface area (Å²) < 4.78 is 5.46. The Morgan fingerprint density at radius 2 is 1.70 bits per heavy atom. The molecule has 3 rings (SSSR count). The van der Waals surface area contributed by atoms with E-state index in [1.165, 1.54) is 17.0 Å². The second-order valence-corrected chi connectivity index (χ2v) is 11.7. The van der Waals surface area contributed by atoms with E-state index in [0.717, 1.165) is 12.8 Å². The van der Waals surface area contributed by atoms with Crippen molar-refractivity contribution < 1.29 is 29.3 Å². The Morgan fingerprint density at radius 1 is 1.05 bits per heavy atom. The molecular formula is C31H43N3O6. The van der Waals surface area contributed by atoms with Crippen molar-refractivity contribution >= 4 is 17.9 Å². The molecule has 2 aromatic rings. The van der Waals surface area contributed by atoms with Gasteiger partial charge in [-0.25, -0.2) is 4.79 Å². The molecule has 9 nitrogen and oxygen atoms in total. The molecule has 0 saturated heterocycles. The zero-order valence-electron chi connectivity index (χ0n) is 24.4. The summed E-state index contributed by atoms with van der Waals surface area (Å²) >= 11 is 0. The van der Waals surface area contributed by atoms with Crippen LogP contribution in [0.1, 0.15) is 83.0 Å². The van der Waals surface area contributed by atoms with E-state index < -0.39 is 29.7 Å². The molecule has 1 aliphatic carbocycles. The molecule has 0 bridgehead atoms. The summed E-state index contributed by atoms with van der Waals surface area (Å²) in [5, 5.41) is 26.5. The Bertz CT molecular complexity index is 1190. The second kappa shape index (κ2) is 13.1. The number of rotatable bonds is 11. The first kappa shape index (κ1) is 30.8. The first-order chi connectivity index (χ1) is 18.8. The molecule has 0 aliphatic heterocycles. The predicted molar refractivity (Wildman–Crippen MR) is 153 cm³/mol. The fourth-order valence-corrected chi connectivity index (χ4v) is 4.71. The van der Waals surface area contributed by atoms with Gasteiger partial charge in [-0.05, 0) is 77.1 Å². The van der Waals surface area contributed by atoms with Gasteiger partial charge in [0.1, 0.15) is 29.2 Å². The van der Waals surface area contributed by atoms with Crippen LogP contribution in [0.15, 0.2) is 42.5 Å². The number of hydrogen-bond acceptors (Lipinski definition) is 6. The second-order valence-electron chi connectivity index (χ2n) is 11.7. The molecule has 40 heavy (non-hydrogen) atoms. The van der Waals surface area contributed by atoms with E-state index in [4.69, 9.17) is 4.74 Å². The lowest BCUT2D eigenvalue weighted by Crippen LogP contribution is -2.55. The minimum absolute atomic E-state index is 0.0422. The number of carbonyl (C=O) groups is 3. The molecule has 3 unspecified atom stereocenters. The molecule has 0 radical (unpaired) electrons. The predicted octanol–water partition coefficient (Wildman–Crippen LogP) is 4.88. The standard InChI is InChI=1S/C31H43N3O6/c1-7-9-20(3)32-28(37)26(24-11-8-10-19(2)27(24)36)34(22-14-15-22)29(38)25(33-30(39)40-31(4,5)6)18-21-12-16-23(35)17-13-21/h8,10-13,16-17,20,22,25-26,35-36H,7,9,14-15,18H2,1-6H3,(H,32,37)(H,33,39). The number of amides is 3. The Balaban J connectivity index is 2.04. The van der Waals surface area contributed by atoms with Crippen LogP contribution >= 0.6 is 0 Å². The molecule has 0 aromatic heterocycles. The van der Waals surface area contributed by atoms with Gasteiger partial charge in [0.05, 0.1) is 0 Å². The summed E-state index contributed by atoms with van der Waals surface area (Å²) in [4.78, 5) is 42.6. The van der Waals surface area contributed by atoms with E-state index in [9.17, 15) is 24.6 Å². The monoisotopic (exact) mass is 553 g/mol. The number of phenolic OH excluding ortho intramolecular Hbond substituents is 2. The first-order valence-corrected chi connectivity index (χ1v) is 14.0. The van der Waals surface area contributed by atoms with Crippen LogP contribution in [0.4, 0.5) is 4.79 Å². The van der Waals surface area contributed by atoms with Crippen LogP contribution in [0.2, 0.25) is 0 Å². The molecule has 3 atom stereocenters. The molecule has 2 aromatic carbocycles. The fraction of sp³-hybridized carbons (Fsp3) is 0.516. The summed E-state index contributed by atoms with van der Waals surface area (Å²) in [6.07, 6.45) is 2.40. The number of carbonyl (C=O) groups excluding carboxylic acids is 3. The molecule has 218 valence electrons. The highest BCUT2D eigenvalue weighted by Crippen LogP contribution is 2.39. The van der Waals surface area contributed by atoms with Crippen LogP contribution in [0.5, 0.6) is 11.5 Å². The quantitative estimate of drug-likeness (QED) is 0.314. The fourth-order valence-electron chi connectivity index (χ4n) is 4.71. The van der Waals surface area contributed by atoms with Crippen LogP contribution in [0.25, 0.3) is 0 Å². The number of phenols is 2. The molecule has 1 saturated carbocycles. The van der Waals surface area contributed by atoms with Crippen LogP contribution in [-0.2, 0) is 20.7 Å². The van der Waals surface area contributed by atoms with Crippen molar-refractivity contribution in [2.45, 2.75) is 103 Å². The van der Waals surface area contributed by atoms with Crippen molar-refractivity contribution in [3.8, 4) is 11.5 Å². The molecule has 9 heteroatoms. The number of benzene rings is 2. The van der Waals surface area contributed by atoms with Crippen LogP contribution in [0.3, 0.4) is 0 Å². The van der Waals surface area contributed by atoms with Crippen molar-refractivity contribution in [2.75, 3.05) is 0 Å². The molecule has 0 heterocycles. The molecular weight excluding hydrogens is 510 g/mol. The van der Waals surface area contributed by atoms with Gasteiger partial charge in [0.25, 0.3) is 0 Å². The number of nitrogens with zero attached hydrogens (tertiary/aromatic N) is 1. The summed E-state index contributed by atoms with van der Waals surface area (Å²) in [7, 11) is 0. The largest absolute Gasteiger partial charge is 0.508 e. The van der Waals surface area contributed by atoms with Crippen molar-refractivity contribution in [3.05, 3.63) is 59.2 Å². The van der Waals surface area contributed by atoms with E-state index in [1.54, 1.807) is 58.0 Å². The van der Waals surface area contributed by atoms with Crippen molar-refractivity contribution in [1.29, 1.82) is 0 Å². The van der Waals surface area contributed by atoms with Gasteiger partial charge in [-0.15, -0.1) is 0 Å². The number of hydrogen-bond donors (Lipinski definition) is 4. The van der Waals surface area contributed by atoms with Gasteiger partial charge in [-0.1, -0.05) is 43.7 Å². The van der Waals surface area contributed by atoms with Crippen molar-refractivity contribution in [3.63, 3.8) is 0 Å². The van der Waals surface area contributed by atoms with Crippen molar-refractivity contribution in [2.24, 2.45) is 0 Å². The van der Waals surface area contributed by atoms with Crippen LogP contribution < -0.4 is 10.6 Å². The van der Waals surface area contributed by atoms with Gasteiger partial charge in [-0.3, -0.25) is 9.59 Å². The normalized spacial score (nSPS) is 15.4. The van der Waals surface area contributed by atoms with E-state index >= 15 is 0 Å².